The average molecular weight is 364 g/mol. The molecular formula is C20H20N4O3. The van der Waals surface area contributed by atoms with Gasteiger partial charge in [-0.1, -0.05) is 18.2 Å². The Morgan fingerprint density at radius 2 is 1.85 bits per heavy atom. The first-order valence-electron chi connectivity index (χ1n) is 8.45. The molecule has 2 aromatic heterocycles. The van der Waals surface area contributed by atoms with E-state index in [0.717, 1.165) is 5.69 Å². The molecule has 0 fully saturated rings. The third-order valence-corrected chi connectivity index (χ3v) is 3.96. The van der Waals surface area contributed by atoms with E-state index in [4.69, 9.17) is 4.74 Å². The molecule has 7 nitrogen and oxygen atoms in total. The van der Waals surface area contributed by atoms with Crippen LogP contribution in [0.15, 0.2) is 61.1 Å². The molecule has 7 heteroatoms. The number of esters is 1. The summed E-state index contributed by atoms with van der Waals surface area (Å²) >= 11 is 0. The maximum Gasteiger partial charge on any atom is 0.342 e. The number of para-hydroxylation sites is 1. The Hall–Kier alpha value is -3.48. The maximum absolute atomic E-state index is 12.8. The molecule has 3 aromatic rings. The van der Waals surface area contributed by atoms with E-state index in [0.29, 0.717) is 11.3 Å². The molecule has 0 saturated heterocycles. The van der Waals surface area contributed by atoms with Crippen LogP contribution in [0.4, 0.5) is 0 Å². The van der Waals surface area contributed by atoms with Crippen molar-refractivity contribution in [2.24, 2.45) is 0 Å². The van der Waals surface area contributed by atoms with Gasteiger partial charge in [0.1, 0.15) is 11.3 Å². The minimum atomic E-state index is -0.894. The Bertz CT molecular complexity index is 936. The third-order valence-electron chi connectivity index (χ3n) is 3.96. The van der Waals surface area contributed by atoms with E-state index in [9.17, 15) is 9.59 Å². The lowest BCUT2D eigenvalue weighted by Gasteiger charge is -2.17. The number of likely N-dealkylation sites (N-methyl/N-ethyl adjacent to an activating group) is 1. The van der Waals surface area contributed by atoms with Crippen molar-refractivity contribution in [3.63, 3.8) is 0 Å². The number of hydrogen-bond acceptors (Lipinski definition) is 5. The number of nitrogens with zero attached hydrogens (tertiary/aromatic N) is 4. The molecule has 0 aliphatic carbocycles. The van der Waals surface area contributed by atoms with E-state index < -0.39 is 12.1 Å². The summed E-state index contributed by atoms with van der Waals surface area (Å²) in [6.45, 7) is 1.55. The summed E-state index contributed by atoms with van der Waals surface area (Å²) in [6.07, 6.45) is 3.98. The quantitative estimate of drug-likeness (QED) is 0.650. The van der Waals surface area contributed by atoms with Crippen LogP contribution in [-0.2, 0) is 9.53 Å². The zero-order valence-electron chi connectivity index (χ0n) is 15.4. The smallest absolute Gasteiger partial charge is 0.342 e. The molecule has 1 atom stereocenters. The Kier molecular flexibility index (Phi) is 5.30. The Balaban J connectivity index is 1.99. The number of carbonyl (C=O) groups is 2. The van der Waals surface area contributed by atoms with E-state index in [1.165, 1.54) is 4.90 Å². The van der Waals surface area contributed by atoms with Crippen molar-refractivity contribution in [1.29, 1.82) is 0 Å². The largest absolute Gasteiger partial charge is 0.449 e. The maximum atomic E-state index is 12.8. The zero-order chi connectivity index (χ0) is 19.4. The summed E-state index contributed by atoms with van der Waals surface area (Å²) in [4.78, 5) is 30.2. The molecule has 27 heavy (non-hydrogen) atoms. The number of benzene rings is 1. The van der Waals surface area contributed by atoms with Gasteiger partial charge in [0, 0.05) is 38.2 Å². The highest BCUT2D eigenvalue weighted by Crippen LogP contribution is 2.24. The second kappa shape index (κ2) is 7.82. The van der Waals surface area contributed by atoms with Crippen molar-refractivity contribution in [3.05, 3.63) is 66.6 Å². The summed E-state index contributed by atoms with van der Waals surface area (Å²) in [5.41, 5.74) is 2.21. The Morgan fingerprint density at radius 3 is 2.48 bits per heavy atom. The van der Waals surface area contributed by atoms with Gasteiger partial charge >= 0.3 is 5.97 Å². The molecule has 1 aromatic carbocycles. The van der Waals surface area contributed by atoms with Crippen molar-refractivity contribution in [1.82, 2.24) is 19.7 Å². The van der Waals surface area contributed by atoms with E-state index in [-0.39, 0.29) is 11.5 Å². The number of rotatable bonds is 5. The van der Waals surface area contributed by atoms with Gasteiger partial charge in [-0.25, -0.2) is 9.48 Å². The van der Waals surface area contributed by atoms with Crippen LogP contribution in [-0.4, -0.2) is 51.7 Å². The van der Waals surface area contributed by atoms with Gasteiger partial charge in [-0.15, -0.1) is 0 Å². The van der Waals surface area contributed by atoms with Gasteiger partial charge in [0.2, 0.25) is 0 Å². The van der Waals surface area contributed by atoms with Crippen molar-refractivity contribution < 1.29 is 14.3 Å². The summed E-state index contributed by atoms with van der Waals surface area (Å²) in [7, 11) is 3.22. The van der Waals surface area contributed by atoms with Crippen molar-refractivity contribution in [2.45, 2.75) is 13.0 Å². The van der Waals surface area contributed by atoms with Gasteiger partial charge in [0.25, 0.3) is 5.91 Å². The van der Waals surface area contributed by atoms with Crippen LogP contribution >= 0.6 is 0 Å². The fraction of sp³-hybridized carbons (Fsp3) is 0.200. The molecule has 0 radical (unpaired) electrons. The summed E-state index contributed by atoms with van der Waals surface area (Å²) in [5.74, 6) is -0.902. The number of pyridine rings is 1. The Morgan fingerprint density at radius 1 is 1.11 bits per heavy atom. The molecule has 0 bridgehead atoms. The lowest BCUT2D eigenvalue weighted by atomic mass is 10.1. The zero-order valence-corrected chi connectivity index (χ0v) is 15.4. The van der Waals surface area contributed by atoms with Crippen LogP contribution in [0.5, 0.6) is 0 Å². The van der Waals surface area contributed by atoms with Crippen LogP contribution in [0.3, 0.4) is 0 Å². The molecule has 0 N–H and O–H groups in total. The van der Waals surface area contributed by atoms with Crippen LogP contribution in [0.25, 0.3) is 16.9 Å². The Labute approximate surface area is 157 Å². The van der Waals surface area contributed by atoms with Crippen LogP contribution in [0, 0.1) is 0 Å². The van der Waals surface area contributed by atoms with E-state index in [1.54, 1.807) is 50.4 Å². The lowest BCUT2D eigenvalue weighted by Crippen LogP contribution is -2.34. The van der Waals surface area contributed by atoms with Crippen LogP contribution in [0.1, 0.15) is 17.3 Å². The number of aromatic nitrogens is 3. The summed E-state index contributed by atoms with van der Waals surface area (Å²) < 4.78 is 6.98. The van der Waals surface area contributed by atoms with Gasteiger partial charge in [-0.05, 0) is 31.2 Å². The second-order valence-electron chi connectivity index (χ2n) is 6.19. The molecule has 0 aliphatic heterocycles. The van der Waals surface area contributed by atoms with Crippen LogP contribution < -0.4 is 0 Å². The summed E-state index contributed by atoms with van der Waals surface area (Å²) in [5, 5.41) is 4.54. The van der Waals surface area contributed by atoms with E-state index >= 15 is 0 Å². The third kappa shape index (κ3) is 4.03. The molecule has 3 rings (SSSR count). The lowest BCUT2D eigenvalue weighted by molar-refractivity contribution is -0.137. The number of amides is 1. The molecule has 0 saturated carbocycles. The predicted octanol–water partition coefficient (Wildman–Crippen LogP) is 2.57. The minimum Gasteiger partial charge on any atom is -0.449 e. The predicted molar refractivity (Wildman–Crippen MR) is 100 cm³/mol. The first kappa shape index (κ1) is 18.3. The fourth-order valence-corrected chi connectivity index (χ4v) is 2.59. The standard InChI is InChI=1S/C20H20N4O3/c1-14(19(25)23(2)3)27-20(26)17-13-24(16-9-5-4-6-10-16)22-18(17)15-8-7-11-21-12-15/h4-14H,1-3H3/t14-/m0/s1. The highest BCUT2D eigenvalue weighted by Gasteiger charge is 2.25. The first-order chi connectivity index (χ1) is 13.0. The monoisotopic (exact) mass is 364 g/mol. The summed E-state index contributed by atoms with van der Waals surface area (Å²) in [6, 6.07) is 13.0. The van der Waals surface area contributed by atoms with Gasteiger partial charge in [-0.2, -0.15) is 5.10 Å². The average Bonchev–Trinajstić information content (AvgIpc) is 3.14. The van der Waals surface area contributed by atoms with Crippen molar-refractivity contribution in [3.8, 4) is 16.9 Å². The fourth-order valence-electron chi connectivity index (χ4n) is 2.59. The number of hydrogen-bond donors (Lipinski definition) is 0. The molecule has 0 unspecified atom stereocenters. The molecule has 0 aliphatic rings. The van der Waals surface area contributed by atoms with Crippen LogP contribution in [0.2, 0.25) is 0 Å². The topological polar surface area (TPSA) is 77.3 Å². The molecule has 138 valence electrons. The van der Waals surface area contributed by atoms with E-state index in [2.05, 4.69) is 10.1 Å². The van der Waals surface area contributed by atoms with Gasteiger partial charge in [-0.3, -0.25) is 9.78 Å². The molecular weight excluding hydrogens is 344 g/mol. The highest BCUT2D eigenvalue weighted by molar-refractivity contribution is 5.97. The number of carbonyl (C=O) groups excluding carboxylic acids is 2. The highest BCUT2D eigenvalue weighted by atomic mass is 16.5. The molecule has 0 spiro atoms. The number of ether oxygens (including phenoxy) is 1. The molecule has 2 heterocycles. The minimum absolute atomic E-state index is 0.269. The normalized spacial score (nSPS) is 11.7. The van der Waals surface area contributed by atoms with Crippen molar-refractivity contribution >= 4 is 11.9 Å². The molecule has 1 amide bonds. The van der Waals surface area contributed by atoms with Gasteiger partial charge in [0.05, 0.1) is 5.69 Å². The van der Waals surface area contributed by atoms with Gasteiger partial charge in [0.15, 0.2) is 6.10 Å². The van der Waals surface area contributed by atoms with Crippen molar-refractivity contribution in [2.75, 3.05) is 14.1 Å². The SMILES string of the molecule is C[C@H](OC(=O)c1cn(-c2ccccc2)nc1-c1cccnc1)C(=O)N(C)C. The van der Waals surface area contributed by atoms with Gasteiger partial charge < -0.3 is 9.64 Å². The van der Waals surface area contributed by atoms with E-state index in [1.807, 2.05) is 36.4 Å². The second-order valence-corrected chi connectivity index (χ2v) is 6.19. The first-order valence-corrected chi connectivity index (χ1v) is 8.45.